The number of hydrogen-bond acceptors (Lipinski definition) is 1. The maximum absolute atomic E-state index is 6.75. The zero-order valence-electron chi connectivity index (χ0n) is 23.0. The van der Waals surface area contributed by atoms with Crippen molar-refractivity contribution in [3.63, 3.8) is 0 Å². The SMILES string of the molecule is CC1(C)c2ccccc2-c2ccc(-c3cccc4c3oc3cc5c(cc34)c3ccccc3n5-c3ccccc3)cc21. The highest BCUT2D eigenvalue weighted by Gasteiger charge is 2.35. The molecule has 2 nitrogen and oxygen atoms in total. The highest BCUT2D eigenvalue weighted by molar-refractivity contribution is 6.18. The number of nitrogens with zero attached hydrogens (tertiary/aromatic N) is 1. The predicted molar refractivity (Wildman–Crippen MR) is 171 cm³/mol. The molecule has 41 heavy (non-hydrogen) atoms. The van der Waals surface area contributed by atoms with Crippen LogP contribution < -0.4 is 0 Å². The van der Waals surface area contributed by atoms with E-state index in [0.717, 1.165) is 38.7 Å². The Hall–Kier alpha value is -5.08. The smallest absolute Gasteiger partial charge is 0.143 e. The van der Waals surface area contributed by atoms with Crippen LogP contribution in [0.3, 0.4) is 0 Å². The summed E-state index contributed by atoms with van der Waals surface area (Å²) in [7, 11) is 0. The molecule has 0 saturated carbocycles. The summed E-state index contributed by atoms with van der Waals surface area (Å²) in [5, 5.41) is 4.79. The third-order valence-corrected chi connectivity index (χ3v) is 9.20. The number of benzene rings is 6. The average molecular weight is 526 g/mol. The van der Waals surface area contributed by atoms with E-state index in [9.17, 15) is 0 Å². The van der Waals surface area contributed by atoms with E-state index >= 15 is 0 Å². The summed E-state index contributed by atoms with van der Waals surface area (Å²) in [6, 6.07) is 46.1. The number of para-hydroxylation sites is 3. The van der Waals surface area contributed by atoms with Gasteiger partial charge in [0.05, 0.1) is 11.0 Å². The molecule has 0 N–H and O–H groups in total. The normalized spacial score (nSPS) is 13.8. The lowest BCUT2D eigenvalue weighted by Gasteiger charge is -2.22. The fraction of sp³-hybridized carbons (Fsp3) is 0.0769. The van der Waals surface area contributed by atoms with Crippen LogP contribution in [0.1, 0.15) is 25.0 Å². The van der Waals surface area contributed by atoms with E-state index in [2.05, 4.69) is 146 Å². The summed E-state index contributed by atoms with van der Waals surface area (Å²) >= 11 is 0. The molecule has 2 aromatic heterocycles. The van der Waals surface area contributed by atoms with Gasteiger partial charge in [-0.05, 0) is 58.1 Å². The molecule has 0 saturated heterocycles. The Balaban J connectivity index is 1.29. The first-order valence-electron chi connectivity index (χ1n) is 14.3. The van der Waals surface area contributed by atoms with Crippen molar-refractivity contribution in [3.8, 4) is 27.9 Å². The lowest BCUT2D eigenvalue weighted by molar-refractivity contribution is 0.660. The Kier molecular flexibility index (Phi) is 4.42. The van der Waals surface area contributed by atoms with Gasteiger partial charge in [0.25, 0.3) is 0 Å². The standard InChI is InChI=1S/C39H27NO/c1-39(2)33-17-8-6-13-27(33)28-20-19-24(21-34(28)39)26-15-10-16-30-32-22-31-29-14-7-9-18-35(29)40(25-11-4-3-5-12-25)36(31)23-37(32)41-38(26)30/h3-23H,1-2H3. The number of fused-ring (bicyclic) bond motifs is 9. The summed E-state index contributed by atoms with van der Waals surface area (Å²) in [5.74, 6) is 0. The molecule has 0 spiro atoms. The fourth-order valence-corrected chi connectivity index (χ4v) is 7.21. The van der Waals surface area contributed by atoms with Gasteiger partial charge in [0, 0.05) is 44.3 Å². The van der Waals surface area contributed by atoms with E-state index in [0.29, 0.717) is 0 Å². The molecule has 194 valence electrons. The Morgan fingerprint density at radius 1 is 0.512 bits per heavy atom. The maximum atomic E-state index is 6.75. The minimum Gasteiger partial charge on any atom is -0.455 e. The molecule has 0 unspecified atom stereocenters. The van der Waals surface area contributed by atoms with Gasteiger partial charge in [-0.1, -0.05) is 105 Å². The van der Waals surface area contributed by atoms with E-state index in [1.165, 1.54) is 44.1 Å². The molecule has 0 amide bonds. The molecule has 0 fully saturated rings. The third-order valence-electron chi connectivity index (χ3n) is 9.20. The van der Waals surface area contributed by atoms with Crippen LogP contribution in [0.5, 0.6) is 0 Å². The zero-order valence-corrected chi connectivity index (χ0v) is 23.0. The van der Waals surface area contributed by atoms with Gasteiger partial charge in [0.15, 0.2) is 0 Å². The van der Waals surface area contributed by atoms with Gasteiger partial charge < -0.3 is 8.98 Å². The van der Waals surface area contributed by atoms with Gasteiger partial charge >= 0.3 is 0 Å². The van der Waals surface area contributed by atoms with Gasteiger partial charge in [0.1, 0.15) is 11.2 Å². The molecule has 9 rings (SSSR count). The fourth-order valence-electron chi connectivity index (χ4n) is 7.21. The molecular weight excluding hydrogens is 498 g/mol. The van der Waals surface area contributed by atoms with Crippen molar-refractivity contribution in [2.75, 3.05) is 0 Å². The minimum absolute atomic E-state index is 0.0429. The molecule has 6 aromatic carbocycles. The van der Waals surface area contributed by atoms with Gasteiger partial charge in [0.2, 0.25) is 0 Å². The summed E-state index contributed by atoms with van der Waals surface area (Å²) in [4.78, 5) is 0. The quantitative estimate of drug-likeness (QED) is 0.219. The van der Waals surface area contributed by atoms with Gasteiger partial charge in [-0.25, -0.2) is 0 Å². The van der Waals surface area contributed by atoms with Crippen molar-refractivity contribution in [3.05, 3.63) is 139 Å². The van der Waals surface area contributed by atoms with Crippen molar-refractivity contribution in [1.82, 2.24) is 4.57 Å². The summed E-state index contributed by atoms with van der Waals surface area (Å²) in [6.45, 7) is 4.67. The summed E-state index contributed by atoms with van der Waals surface area (Å²) in [5.41, 5.74) is 13.1. The van der Waals surface area contributed by atoms with Crippen molar-refractivity contribution < 1.29 is 4.42 Å². The number of furan rings is 1. The molecule has 0 radical (unpaired) electrons. The summed E-state index contributed by atoms with van der Waals surface area (Å²) in [6.07, 6.45) is 0. The Labute approximate surface area is 238 Å². The van der Waals surface area contributed by atoms with E-state index in [-0.39, 0.29) is 5.41 Å². The molecule has 0 atom stereocenters. The highest BCUT2D eigenvalue weighted by Crippen LogP contribution is 2.50. The Morgan fingerprint density at radius 3 is 2.15 bits per heavy atom. The van der Waals surface area contributed by atoms with Gasteiger partial charge in [-0.3, -0.25) is 0 Å². The second-order valence-electron chi connectivity index (χ2n) is 11.8. The van der Waals surface area contributed by atoms with E-state index in [1.807, 2.05) is 0 Å². The first-order chi connectivity index (χ1) is 20.1. The van der Waals surface area contributed by atoms with Gasteiger partial charge in [-0.2, -0.15) is 0 Å². The second-order valence-corrected chi connectivity index (χ2v) is 11.8. The van der Waals surface area contributed by atoms with Crippen molar-refractivity contribution >= 4 is 43.7 Å². The largest absolute Gasteiger partial charge is 0.455 e. The van der Waals surface area contributed by atoms with Crippen LogP contribution in [0.15, 0.2) is 132 Å². The third kappa shape index (κ3) is 3.02. The molecular formula is C39H27NO. The first-order valence-corrected chi connectivity index (χ1v) is 14.3. The number of rotatable bonds is 2. The van der Waals surface area contributed by atoms with E-state index < -0.39 is 0 Å². The maximum Gasteiger partial charge on any atom is 0.143 e. The van der Waals surface area contributed by atoms with Crippen LogP contribution in [-0.2, 0) is 5.41 Å². The van der Waals surface area contributed by atoms with Crippen molar-refractivity contribution in [2.24, 2.45) is 0 Å². The van der Waals surface area contributed by atoms with Crippen LogP contribution in [0, 0.1) is 0 Å². The topological polar surface area (TPSA) is 18.1 Å². The second kappa shape index (κ2) is 7.99. The van der Waals surface area contributed by atoms with Crippen LogP contribution in [0.25, 0.3) is 71.7 Å². The molecule has 1 aliphatic rings. The van der Waals surface area contributed by atoms with Gasteiger partial charge in [-0.15, -0.1) is 0 Å². The predicted octanol–water partition coefficient (Wildman–Crippen LogP) is 10.7. The molecule has 8 aromatic rings. The highest BCUT2D eigenvalue weighted by atomic mass is 16.3. The molecule has 2 heterocycles. The Morgan fingerprint density at radius 2 is 1.24 bits per heavy atom. The monoisotopic (exact) mass is 525 g/mol. The van der Waals surface area contributed by atoms with E-state index in [1.54, 1.807) is 0 Å². The number of hydrogen-bond donors (Lipinski definition) is 0. The van der Waals surface area contributed by atoms with E-state index in [4.69, 9.17) is 4.42 Å². The molecule has 2 heteroatoms. The Bertz CT molecular complexity index is 2330. The zero-order chi connectivity index (χ0) is 27.3. The van der Waals surface area contributed by atoms with Crippen LogP contribution in [0.4, 0.5) is 0 Å². The lowest BCUT2D eigenvalue weighted by Crippen LogP contribution is -2.14. The van der Waals surface area contributed by atoms with Crippen LogP contribution in [-0.4, -0.2) is 4.57 Å². The van der Waals surface area contributed by atoms with Crippen LogP contribution in [0.2, 0.25) is 0 Å². The minimum atomic E-state index is -0.0429. The lowest BCUT2D eigenvalue weighted by atomic mass is 9.81. The van der Waals surface area contributed by atoms with Crippen LogP contribution >= 0.6 is 0 Å². The average Bonchev–Trinajstić information content (AvgIpc) is 3.62. The molecule has 0 bridgehead atoms. The van der Waals surface area contributed by atoms with Crippen molar-refractivity contribution in [1.29, 1.82) is 0 Å². The molecule has 1 aliphatic carbocycles. The summed E-state index contributed by atoms with van der Waals surface area (Å²) < 4.78 is 9.10. The molecule has 0 aliphatic heterocycles. The van der Waals surface area contributed by atoms with Crippen molar-refractivity contribution in [2.45, 2.75) is 19.3 Å². The number of aromatic nitrogens is 1. The first kappa shape index (κ1) is 22.7.